The molecule has 0 aliphatic carbocycles. The van der Waals surface area contributed by atoms with E-state index in [0.717, 1.165) is 41.4 Å². The first-order chi connectivity index (χ1) is 15.7. The van der Waals surface area contributed by atoms with Crippen molar-refractivity contribution >= 4 is 28.4 Å². The first-order valence-electron chi connectivity index (χ1n) is 11.4. The summed E-state index contributed by atoms with van der Waals surface area (Å²) in [5, 5.41) is 9.78. The minimum Gasteiger partial charge on any atom is -0.381 e. The molecule has 2 saturated heterocycles. The van der Waals surface area contributed by atoms with Crippen molar-refractivity contribution in [1.82, 2.24) is 14.7 Å². The van der Waals surface area contributed by atoms with E-state index in [-0.39, 0.29) is 23.8 Å². The maximum absolute atomic E-state index is 13.0. The lowest BCUT2D eigenvalue weighted by atomic mass is 10.0. The third-order valence-electron chi connectivity index (χ3n) is 6.61. The Hall–Kier alpha value is -3.19. The van der Waals surface area contributed by atoms with Gasteiger partial charge in [0, 0.05) is 25.8 Å². The lowest BCUT2D eigenvalue weighted by molar-refractivity contribution is -0.131. The summed E-state index contributed by atoms with van der Waals surface area (Å²) in [6.07, 6.45) is 4.53. The van der Waals surface area contributed by atoms with Crippen LogP contribution in [-0.2, 0) is 20.7 Å². The van der Waals surface area contributed by atoms with Crippen molar-refractivity contribution in [2.75, 3.05) is 31.6 Å². The van der Waals surface area contributed by atoms with Crippen molar-refractivity contribution < 1.29 is 14.3 Å². The van der Waals surface area contributed by atoms with E-state index in [1.165, 1.54) is 0 Å². The Bertz CT molecular complexity index is 1110. The number of hydrogen-bond donors (Lipinski definition) is 1. The van der Waals surface area contributed by atoms with Gasteiger partial charge in [0.2, 0.25) is 11.8 Å². The number of benzene rings is 2. The van der Waals surface area contributed by atoms with Crippen molar-refractivity contribution in [1.29, 1.82) is 0 Å². The van der Waals surface area contributed by atoms with Gasteiger partial charge in [-0.2, -0.15) is 5.10 Å². The molecule has 2 aliphatic heterocycles. The number of hydrogen-bond acceptors (Lipinski definition) is 4. The fourth-order valence-electron chi connectivity index (χ4n) is 4.76. The topological polar surface area (TPSA) is 76.5 Å². The molecule has 1 N–H and O–H groups in total. The highest BCUT2D eigenvalue weighted by Gasteiger charge is 2.28. The molecule has 32 heavy (non-hydrogen) atoms. The second kappa shape index (κ2) is 9.12. The minimum absolute atomic E-state index is 0.00745. The SMILES string of the molecule is O=C(Nc1ccnn1C1CCN(C(=O)Cc2cccc3ccccc23)CC1)C1CCOC1. The number of likely N-dealkylation sites (tertiary alicyclic amines) is 1. The molecule has 3 aromatic rings. The van der Waals surface area contributed by atoms with Crippen molar-refractivity contribution in [3.05, 3.63) is 60.3 Å². The number of ether oxygens (including phenoxy) is 1. The van der Waals surface area contributed by atoms with Crippen LogP contribution < -0.4 is 5.32 Å². The summed E-state index contributed by atoms with van der Waals surface area (Å²) in [4.78, 5) is 27.4. The van der Waals surface area contributed by atoms with Gasteiger partial charge in [0.15, 0.2) is 0 Å². The predicted molar refractivity (Wildman–Crippen MR) is 122 cm³/mol. The zero-order chi connectivity index (χ0) is 21.9. The van der Waals surface area contributed by atoms with E-state index in [1.807, 2.05) is 39.9 Å². The zero-order valence-corrected chi connectivity index (χ0v) is 18.1. The van der Waals surface area contributed by atoms with Crippen molar-refractivity contribution in [3.8, 4) is 0 Å². The number of aromatic nitrogens is 2. The Kier molecular flexibility index (Phi) is 5.90. The van der Waals surface area contributed by atoms with Gasteiger partial charge in [0.25, 0.3) is 0 Å². The van der Waals surface area contributed by atoms with Gasteiger partial charge < -0.3 is 15.0 Å². The second-order valence-corrected chi connectivity index (χ2v) is 8.64. The molecule has 3 heterocycles. The van der Waals surface area contributed by atoms with Gasteiger partial charge in [0.1, 0.15) is 5.82 Å². The standard InChI is InChI=1S/C25H28N4O3/c30-24(16-19-6-3-5-18-4-1-2-7-22(18)19)28-13-9-21(10-14-28)29-23(8-12-26-29)27-25(31)20-11-15-32-17-20/h1-8,12,20-21H,9-11,13-17H2,(H,27,31). The number of anilines is 1. The second-order valence-electron chi connectivity index (χ2n) is 8.64. The van der Waals surface area contributed by atoms with Gasteiger partial charge in [-0.05, 0) is 35.6 Å². The Morgan fingerprint density at radius 1 is 1.03 bits per heavy atom. The Balaban J connectivity index is 1.20. The highest BCUT2D eigenvalue weighted by atomic mass is 16.5. The van der Waals surface area contributed by atoms with Gasteiger partial charge in [-0.15, -0.1) is 0 Å². The molecule has 0 bridgehead atoms. The van der Waals surface area contributed by atoms with E-state index >= 15 is 0 Å². The molecular formula is C25H28N4O3. The zero-order valence-electron chi connectivity index (χ0n) is 18.1. The third-order valence-corrected chi connectivity index (χ3v) is 6.61. The lowest BCUT2D eigenvalue weighted by Crippen LogP contribution is -2.40. The molecule has 1 atom stereocenters. The van der Waals surface area contributed by atoms with Crippen LogP contribution in [0.3, 0.4) is 0 Å². The highest BCUT2D eigenvalue weighted by molar-refractivity contribution is 5.92. The molecule has 0 radical (unpaired) electrons. The van der Waals surface area contributed by atoms with Gasteiger partial charge in [0.05, 0.1) is 31.2 Å². The van der Waals surface area contributed by atoms with E-state index in [2.05, 4.69) is 28.6 Å². The predicted octanol–water partition coefficient (Wildman–Crippen LogP) is 3.42. The van der Waals surface area contributed by atoms with Crippen molar-refractivity contribution in [2.24, 2.45) is 5.92 Å². The summed E-state index contributed by atoms with van der Waals surface area (Å²) in [6, 6.07) is 16.3. The third kappa shape index (κ3) is 4.25. The van der Waals surface area contributed by atoms with Crippen LogP contribution in [0.5, 0.6) is 0 Å². The molecule has 166 valence electrons. The number of amides is 2. The summed E-state index contributed by atoms with van der Waals surface area (Å²) < 4.78 is 7.23. The first kappa shape index (κ1) is 20.7. The maximum atomic E-state index is 13.0. The van der Waals surface area contributed by atoms with Crippen LogP contribution in [0, 0.1) is 5.92 Å². The van der Waals surface area contributed by atoms with E-state index in [0.29, 0.717) is 32.7 Å². The molecule has 1 aromatic heterocycles. The van der Waals surface area contributed by atoms with E-state index in [1.54, 1.807) is 6.20 Å². The number of carbonyl (C=O) groups excluding carboxylic acids is 2. The Morgan fingerprint density at radius 3 is 2.66 bits per heavy atom. The molecule has 7 heteroatoms. The summed E-state index contributed by atoms with van der Waals surface area (Å²) in [6.45, 7) is 2.51. The number of piperidine rings is 1. The molecule has 1 unspecified atom stereocenters. The number of fused-ring (bicyclic) bond motifs is 1. The summed E-state index contributed by atoms with van der Waals surface area (Å²) in [5.41, 5.74) is 1.07. The molecule has 7 nitrogen and oxygen atoms in total. The van der Waals surface area contributed by atoms with Crippen LogP contribution in [0.25, 0.3) is 10.8 Å². The quantitative estimate of drug-likeness (QED) is 0.670. The molecular weight excluding hydrogens is 404 g/mol. The fraction of sp³-hybridized carbons (Fsp3) is 0.400. The first-order valence-corrected chi connectivity index (χ1v) is 11.4. The molecule has 0 saturated carbocycles. The highest BCUT2D eigenvalue weighted by Crippen LogP contribution is 2.27. The van der Waals surface area contributed by atoms with E-state index < -0.39 is 0 Å². The average molecular weight is 433 g/mol. The maximum Gasteiger partial charge on any atom is 0.231 e. The average Bonchev–Trinajstić information content (AvgIpc) is 3.52. The van der Waals surface area contributed by atoms with Gasteiger partial charge in [-0.1, -0.05) is 42.5 Å². The van der Waals surface area contributed by atoms with Gasteiger partial charge >= 0.3 is 0 Å². The molecule has 2 fully saturated rings. The number of nitrogens with one attached hydrogen (secondary N) is 1. The molecule has 2 amide bonds. The van der Waals surface area contributed by atoms with Crippen molar-refractivity contribution in [2.45, 2.75) is 31.7 Å². The fourth-order valence-corrected chi connectivity index (χ4v) is 4.76. The number of rotatable bonds is 5. The minimum atomic E-state index is -0.0908. The van der Waals surface area contributed by atoms with Crippen LogP contribution in [0.15, 0.2) is 54.7 Å². The van der Waals surface area contributed by atoms with Crippen LogP contribution >= 0.6 is 0 Å². The Morgan fingerprint density at radius 2 is 1.84 bits per heavy atom. The van der Waals surface area contributed by atoms with Crippen LogP contribution in [0.2, 0.25) is 0 Å². The van der Waals surface area contributed by atoms with Crippen molar-refractivity contribution in [3.63, 3.8) is 0 Å². The molecule has 2 aliphatic rings. The molecule has 5 rings (SSSR count). The van der Waals surface area contributed by atoms with E-state index in [9.17, 15) is 9.59 Å². The smallest absolute Gasteiger partial charge is 0.231 e. The number of nitrogens with zero attached hydrogens (tertiary/aromatic N) is 3. The summed E-state index contributed by atoms with van der Waals surface area (Å²) in [7, 11) is 0. The van der Waals surface area contributed by atoms with Gasteiger partial charge in [-0.25, -0.2) is 4.68 Å². The Labute approximate surface area is 187 Å². The molecule has 0 spiro atoms. The van der Waals surface area contributed by atoms with Crippen LogP contribution in [0.4, 0.5) is 5.82 Å². The normalized spacial score (nSPS) is 19.4. The lowest BCUT2D eigenvalue weighted by Gasteiger charge is -2.33. The monoisotopic (exact) mass is 432 g/mol. The summed E-state index contributed by atoms with van der Waals surface area (Å²) in [5.74, 6) is 0.788. The van der Waals surface area contributed by atoms with Crippen LogP contribution in [-0.4, -0.2) is 52.8 Å². The van der Waals surface area contributed by atoms with Crippen LogP contribution in [0.1, 0.15) is 30.9 Å². The largest absolute Gasteiger partial charge is 0.381 e. The summed E-state index contributed by atoms with van der Waals surface area (Å²) >= 11 is 0. The molecule has 2 aromatic carbocycles. The number of carbonyl (C=O) groups is 2. The van der Waals surface area contributed by atoms with Gasteiger partial charge in [-0.3, -0.25) is 9.59 Å². The van der Waals surface area contributed by atoms with E-state index in [4.69, 9.17) is 4.74 Å².